The number of imide groups is 1. The van der Waals surface area contributed by atoms with Crippen molar-refractivity contribution in [1.82, 2.24) is 5.32 Å². The zero-order valence-corrected chi connectivity index (χ0v) is 15.1. The third kappa shape index (κ3) is 1.91. The van der Waals surface area contributed by atoms with Crippen molar-refractivity contribution in [1.29, 1.82) is 0 Å². The van der Waals surface area contributed by atoms with Crippen LogP contribution in [-0.4, -0.2) is 23.3 Å². The highest BCUT2D eigenvalue weighted by atomic mass is 19.1. The van der Waals surface area contributed by atoms with Gasteiger partial charge in [0.25, 0.3) is 5.91 Å². The predicted octanol–water partition coefficient (Wildman–Crippen LogP) is 2.24. The van der Waals surface area contributed by atoms with Crippen molar-refractivity contribution in [2.24, 2.45) is 5.41 Å². The Balaban J connectivity index is 1.67. The van der Waals surface area contributed by atoms with E-state index in [-0.39, 0.29) is 18.7 Å². The lowest BCUT2D eigenvalue weighted by Crippen LogP contribution is -2.59. The summed E-state index contributed by atoms with van der Waals surface area (Å²) in [7, 11) is 0. The van der Waals surface area contributed by atoms with E-state index in [1.165, 1.54) is 24.3 Å². The summed E-state index contributed by atoms with van der Waals surface area (Å²) in [6, 6.07) is 14.2. The van der Waals surface area contributed by atoms with Crippen molar-refractivity contribution < 1.29 is 23.5 Å². The van der Waals surface area contributed by atoms with Crippen molar-refractivity contribution in [2.45, 2.75) is 31.1 Å². The molecule has 3 amide bonds. The first-order valence-electron chi connectivity index (χ1n) is 9.03. The molecule has 3 fully saturated rings. The van der Waals surface area contributed by atoms with Crippen LogP contribution in [0.15, 0.2) is 54.6 Å². The zero-order chi connectivity index (χ0) is 19.7. The molecule has 1 spiro atoms. The number of hydrogen-bond acceptors (Lipinski definition) is 4. The van der Waals surface area contributed by atoms with E-state index in [0.29, 0.717) is 11.3 Å². The molecule has 0 aromatic heterocycles. The Kier molecular flexibility index (Phi) is 3.21. The average Bonchev–Trinajstić information content (AvgIpc) is 3.20. The molecule has 3 saturated heterocycles. The van der Waals surface area contributed by atoms with E-state index in [1.54, 1.807) is 31.2 Å². The van der Waals surface area contributed by atoms with Crippen molar-refractivity contribution in [3.8, 4) is 0 Å². The summed E-state index contributed by atoms with van der Waals surface area (Å²) >= 11 is 0. The summed E-state index contributed by atoms with van der Waals surface area (Å²) < 4.78 is 19.5. The first-order valence-corrected chi connectivity index (χ1v) is 9.03. The van der Waals surface area contributed by atoms with Gasteiger partial charge in [-0.3, -0.25) is 14.4 Å². The number of fused-ring (bicyclic) bond motifs is 3. The van der Waals surface area contributed by atoms with Gasteiger partial charge >= 0.3 is 0 Å². The number of ether oxygens (including phenoxy) is 1. The van der Waals surface area contributed by atoms with Gasteiger partial charge in [-0.05, 0) is 31.2 Å². The molecule has 2 bridgehead atoms. The number of carbonyl (C=O) groups is 3. The molecule has 3 aliphatic rings. The van der Waals surface area contributed by atoms with Gasteiger partial charge in [0.05, 0.1) is 5.69 Å². The molecule has 6 nitrogen and oxygen atoms in total. The van der Waals surface area contributed by atoms with Crippen LogP contribution >= 0.6 is 0 Å². The Bertz CT molecular complexity index is 1020. The minimum Gasteiger partial charge on any atom is -0.334 e. The number of hydrogen-bond donors (Lipinski definition) is 1. The van der Waals surface area contributed by atoms with Crippen molar-refractivity contribution in [3.05, 3.63) is 66.0 Å². The van der Waals surface area contributed by atoms with Crippen molar-refractivity contribution in [2.75, 3.05) is 4.90 Å². The maximum Gasteiger partial charge on any atom is 0.254 e. The van der Waals surface area contributed by atoms with Gasteiger partial charge in [0.15, 0.2) is 5.72 Å². The van der Waals surface area contributed by atoms with E-state index < -0.39 is 34.4 Å². The number of rotatable bonds is 2. The molecule has 2 aromatic carbocycles. The molecule has 1 N–H and O–H groups in total. The largest absolute Gasteiger partial charge is 0.334 e. The van der Waals surface area contributed by atoms with Gasteiger partial charge in [0, 0.05) is 18.4 Å². The van der Waals surface area contributed by atoms with Crippen LogP contribution in [0.5, 0.6) is 0 Å². The SMILES string of the molecule is CC12CC3(CC(=O)N(c4ccc(F)cc4)C3=O)C(c3ccccc3)(NC1=O)O2. The summed E-state index contributed by atoms with van der Waals surface area (Å²) in [4.78, 5) is 40.2. The highest BCUT2D eigenvalue weighted by Crippen LogP contribution is 2.63. The van der Waals surface area contributed by atoms with E-state index in [2.05, 4.69) is 5.32 Å². The standard InChI is InChI=1S/C21H17FN2O4/c1-19-12-20(21(28-19,23-17(19)26)13-5-3-2-4-6-13)11-16(25)24(18(20)27)15-9-7-14(22)8-10-15/h2-10H,11-12H2,1H3,(H,23,26). The highest BCUT2D eigenvalue weighted by Gasteiger charge is 2.78. The quantitative estimate of drug-likeness (QED) is 0.811. The molecular formula is C21H17FN2O4. The lowest BCUT2D eigenvalue weighted by atomic mass is 9.67. The van der Waals surface area contributed by atoms with E-state index in [0.717, 1.165) is 4.90 Å². The number of benzene rings is 2. The van der Waals surface area contributed by atoms with Crippen LogP contribution in [-0.2, 0) is 24.8 Å². The maximum atomic E-state index is 13.6. The third-order valence-corrected chi connectivity index (χ3v) is 6.04. The maximum absolute atomic E-state index is 13.6. The summed E-state index contributed by atoms with van der Waals surface area (Å²) in [5.41, 5.74) is -2.96. The number of carbonyl (C=O) groups excluding carboxylic acids is 3. The molecule has 3 unspecified atom stereocenters. The molecule has 0 saturated carbocycles. The van der Waals surface area contributed by atoms with Crippen LogP contribution in [0, 0.1) is 11.2 Å². The molecule has 0 radical (unpaired) electrons. The lowest BCUT2D eigenvalue weighted by molar-refractivity contribution is -0.141. The average molecular weight is 380 g/mol. The number of piperidine rings is 1. The Hall–Kier alpha value is -3.06. The normalized spacial score (nSPS) is 33.8. The molecular weight excluding hydrogens is 363 g/mol. The van der Waals surface area contributed by atoms with Crippen molar-refractivity contribution >= 4 is 23.4 Å². The summed E-state index contributed by atoms with van der Waals surface area (Å²) in [6.07, 6.45) is -0.00301. The Morgan fingerprint density at radius 1 is 1.04 bits per heavy atom. The lowest BCUT2D eigenvalue weighted by Gasteiger charge is -2.40. The Morgan fingerprint density at radius 2 is 1.71 bits per heavy atom. The molecule has 0 aliphatic carbocycles. The molecule has 7 heteroatoms. The molecule has 28 heavy (non-hydrogen) atoms. The number of nitrogens with zero attached hydrogens (tertiary/aromatic N) is 1. The van der Waals surface area contributed by atoms with Gasteiger partial charge in [-0.25, -0.2) is 9.29 Å². The van der Waals surface area contributed by atoms with Crippen LogP contribution in [0.3, 0.4) is 0 Å². The van der Waals surface area contributed by atoms with Gasteiger partial charge in [-0.15, -0.1) is 0 Å². The first-order chi connectivity index (χ1) is 13.3. The number of anilines is 1. The van der Waals surface area contributed by atoms with Gasteiger partial charge in [0.2, 0.25) is 11.8 Å². The Morgan fingerprint density at radius 3 is 2.36 bits per heavy atom. The number of nitrogens with one attached hydrogen (secondary N) is 1. The Labute approximate surface area is 160 Å². The second-order valence-corrected chi connectivity index (χ2v) is 7.78. The second-order valence-electron chi connectivity index (χ2n) is 7.78. The van der Waals surface area contributed by atoms with Gasteiger partial charge in [-0.1, -0.05) is 30.3 Å². The van der Waals surface area contributed by atoms with E-state index in [1.807, 2.05) is 6.07 Å². The van der Waals surface area contributed by atoms with Crippen LogP contribution < -0.4 is 10.2 Å². The van der Waals surface area contributed by atoms with Crippen LogP contribution in [0.4, 0.5) is 10.1 Å². The van der Waals surface area contributed by atoms with Gasteiger partial charge in [0.1, 0.15) is 16.8 Å². The van der Waals surface area contributed by atoms with Crippen LogP contribution in [0.25, 0.3) is 0 Å². The van der Waals surface area contributed by atoms with Crippen molar-refractivity contribution in [3.63, 3.8) is 0 Å². The molecule has 2 aromatic rings. The molecule has 142 valence electrons. The second kappa shape index (κ2) is 5.26. The number of halogens is 1. The van der Waals surface area contributed by atoms with E-state index in [9.17, 15) is 18.8 Å². The highest BCUT2D eigenvalue weighted by molar-refractivity contribution is 6.23. The van der Waals surface area contributed by atoms with E-state index in [4.69, 9.17) is 4.74 Å². The minimum atomic E-state index is -1.42. The zero-order valence-electron chi connectivity index (χ0n) is 15.1. The summed E-state index contributed by atoms with van der Waals surface area (Å²) in [5, 5.41) is 2.87. The smallest absolute Gasteiger partial charge is 0.254 e. The summed E-state index contributed by atoms with van der Waals surface area (Å²) in [6.45, 7) is 1.64. The van der Waals surface area contributed by atoms with Crippen LogP contribution in [0.2, 0.25) is 0 Å². The van der Waals surface area contributed by atoms with Gasteiger partial charge in [-0.2, -0.15) is 0 Å². The monoisotopic (exact) mass is 380 g/mol. The molecule has 3 heterocycles. The van der Waals surface area contributed by atoms with E-state index >= 15 is 0 Å². The predicted molar refractivity (Wildman–Crippen MR) is 96.3 cm³/mol. The molecule has 3 atom stereocenters. The van der Waals surface area contributed by atoms with Crippen LogP contribution in [0.1, 0.15) is 25.3 Å². The topological polar surface area (TPSA) is 75.7 Å². The fourth-order valence-corrected chi connectivity index (χ4v) is 4.82. The summed E-state index contributed by atoms with van der Waals surface area (Å²) in [5.74, 6) is -1.61. The number of amides is 3. The minimum absolute atomic E-state index is 0.100. The fraction of sp³-hybridized carbons (Fsp3) is 0.286. The first kappa shape index (κ1) is 17.1. The fourth-order valence-electron chi connectivity index (χ4n) is 4.82. The molecule has 3 aliphatic heterocycles. The van der Waals surface area contributed by atoms with Gasteiger partial charge < -0.3 is 10.1 Å². The molecule has 5 rings (SSSR count). The third-order valence-electron chi connectivity index (χ3n) is 6.04.